The highest BCUT2D eigenvalue weighted by atomic mass is 32.2. The standard InChI is InChI=1S/C21H22N2O4S/c24-20(22-18-11-5-8-15-7-1-2-9-16(15)18)13-6-14-23-21(25)17-10-3-4-12-19(17)28(23,26)27/h1-4,7,9-10,12,18H,5-6,8,11,13-14H2,(H,22,24). The highest BCUT2D eigenvalue weighted by molar-refractivity contribution is 7.90. The Morgan fingerprint density at radius 1 is 1.11 bits per heavy atom. The maximum absolute atomic E-state index is 12.5. The molecule has 0 saturated carbocycles. The van der Waals surface area contributed by atoms with Crippen LogP contribution in [0.15, 0.2) is 53.4 Å². The summed E-state index contributed by atoms with van der Waals surface area (Å²) >= 11 is 0. The number of nitrogens with zero attached hydrogens (tertiary/aromatic N) is 1. The van der Waals surface area contributed by atoms with Gasteiger partial charge in [-0.1, -0.05) is 36.4 Å². The fourth-order valence-electron chi connectivity index (χ4n) is 4.01. The zero-order valence-electron chi connectivity index (χ0n) is 15.4. The summed E-state index contributed by atoms with van der Waals surface area (Å²) in [5.41, 5.74) is 2.63. The van der Waals surface area contributed by atoms with E-state index in [9.17, 15) is 18.0 Å². The number of carbonyl (C=O) groups excluding carboxylic acids is 2. The first-order valence-electron chi connectivity index (χ1n) is 9.52. The Labute approximate surface area is 164 Å². The number of aryl methyl sites for hydroxylation is 1. The summed E-state index contributed by atoms with van der Waals surface area (Å²) in [4.78, 5) is 24.8. The molecule has 28 heavy (non-hydrogen) atoms. The molecule has 1 atom stereocenters. The lowest BCUT2D eigenvalue weighted by molar-refractivity contribution is -0.122. The van der Waals surface area contributed by atoms with Gasteiger partial charge in [-0.15, -0.1) is 0 Å². The molecule has 2 aromatic carbocycles. The highest BCUT2D eigenvalue weighted by Crippen LogP contribution is 2.31. The lowest BCUT2D eigenvalue weighted by Gasteiger charge is -2.26. The van der Waals surface area contributed by atoms with E-state index in [1.807, 2.05) is 18.2 Å². The number of benzene rings is 2. The SMILES string of the molecule is O=C(CCCN1C(=O)c2ccccc2S1(=O)=O)NC1CCCc2ccccc21. The van der Waals surface area contributed by atoms with Crippen molar-refractivity contribution in [1.82, 2.24) is 9.62 Å². The van der Waals surface area contributed by atoms with Crippen molar-refractivity contribution in [3.8, 4) is 0 Å². The summed E-state index contributed by atoms with van der Waals surface area (Å²) in [6.45, 7) is 0.00448. The number of nitrogens with one attached hydrogen (secondary N) is 1. The van der Waals surface area contributed by atoms with Gasteiger partial charge in [-0.2, -0.15) is 0 Å². The van der Waals surface area contributed by atoms with E-state index in [1.165, 1.54) is 17.7 Å². The van der Waals surface area contributed by atoms with Crippen molar-refractivity contribution in [3.63, 3.8) is 0 Å². The normalized spacial score (nSPS) is 19.8. The van der Waals surface area contributed by atoms with E-state index in [4.69, 9.17) is 0 Å². The number of fused-ring (bicyclic) bond motifs is 2. The van der Waals surface area contributed by atoms with E-state index in [0.717, 1.165) is 29.1 Å². The fraction of sp³-hybridized carbons (Fsp3) is 0.333. The molecule has 1 heterocycles. The van der Waals surface area contributed by atoms with Gasteiger partial charge in [-0.05, 0) is 48.9 Å². The molecule has 146 valence electrons. The van der Waals surface area contributed by atoms with E-state index in [1.54, 1.807) is 12.1 Å². The van der Waals surface area contributed by atoms with Gasteiger partial charge in [0.05, 0.1) is 11.6 Å². The van der Waals surface area contributed by atoms with Crippen molar-refractivity contribution in [1.29, 1.82) is 0 Å². The van der Waals surface area contributed by atoms with Crippen molar-refractivity contribution in [2.45, 2.75) is 43.0 Å². The Bertz CT molecular complexity index is 1030. The average molecular weight is 398 g/mol. The first kappa shape index (κ1) is 18.7. The molecule has 0 radical (unpaired) electrons. The minimum Gasteiger partial charge on any atom is -0.349 e. The molecule has 6 nitrogen and oxygen atoms in total. The summed E-state index contributed by atoms with van der Waals surface area (Å²) in [7, 11) is -3.81. The number of sulfonamides is 1. The topological polar surface area (TPSA) is 83.6 Å². The van der Waals surface area contributed by atoms with Crippen molar-refractivity contribution < 1.29 is 18.0 Å². The average Bonchev–Trinajstić information content (AvgIpc) is 2.89. The predicted octanol–water partition coefficient (Wildman–Crippen LogP) is 2.81. The zero-order valence-corrected chi connectivity index (χ0v) is 16.2. The summed E-state index contributed by atoms with van der Waals surface area (Å²) in [5, 5.41) is 3.06. The Balaban J connectivity index is 1.35. The number of hydrogen-bond acceptors (Lipinski definition) is 4. The Morgan fingerprint density at radius 2 is 1.86 bits per heavy atom. The zero-order chi connectivity index (χ0) is 19.7. The van der Waals surface area contributed by atoms with Crippen molar-refractivity contribution in [2.24, 2.45) is 0 Å². The summed E-state index contributed by atoms with van der Waals surface area (Å²) < 4.78 is 25.9. The second-order valence-corrected chi connectivity index (χ2v) is 9.02. The molecule has 0 aromatic heterocycles. The van der Waals surface area contributed by atoms with Gasteiger partial charge in [0.1, 0.15) is 4.90 Å². The van der Waals surface area contributed by atoms with Crippen LogP contribution >= 0.6 is 0 Å². The number of amides is 2. The second kappa shape index (κ2) is 7.39. The lowest BCUT2D eigenvalue weighted by Crippen LogP contribution is -2.33. The van der Waals surface area contributed by atoms with Crippen LogP contribution in [0.2, 0.25) is 0 Å². The molecular weight excluding hydrogens is 376 g/mol. The highest BCUT2D eigenvalue weighted by Gasteiger charge is 2.40. The molecule has 7 heteroatoms. The Kier molecular flexibility index (Phi) is 4.93. The van der Waals surface area contributed by atoms with Crippen LogP contribution < -0.4 is 5.32 Å². The Hall–Kier alpha value is -2.67. The first-order chi connectivity index (χ1) is 13.5. The number of rotatable bonds is 5. The van der Waals surface area contributed by atoms with Gasteiger partial charge in [0.2, 0.25) is 5.91 Å². The molecule has 2 amide bonds. The third-order valence-corrected chi connectivity index (χ3v) is 7.22. The maximum atomic E-state index is 12.5. The summed E-state index contributed by atoms with van der Waals surface area (Å²) in [6.07, 6.45) is 3.42. The van der Waals surface area contributed by atoms with Gasteiger partial charge in [0.15, 0.2) is 0 Å². The van der Waals surface area contributed by atoms with Crippen molar-refractivity contribution >= 4 is 21.8 Å². The van der Waals surface area contributed by atoms with Crippen molar-refractivity contribution in [2.75, 3.05) is 6.54 Å². The van der Waals surface area contributed by atoms with Crippen molar-refractivity contribution in [3.05, 3.63) is 65.2 Å². The minimum atomic E-state index is -3.81. The van der Waals surface area contributed by atoms with Crippen LogP contribution in [-0.2, 0) is 21.2 Å². The minimum absolute atomic E-state index is 0.00106. The van der Waals surface area contributed by atoms with Crippen LogP contribution in [0.3, 0.4) is 0 Å². The maximum Gasteiger partial charge on any atom is 0.269 e. The van der Waals surface area contributed by atoms with Gasteiger partial charge in [0, 0.05) is 13.0 Å². The molecule has 0 spiro atoms. The number of carbonyl (C=O) groups is 2. The molecular formula is C21H22N2O4S. The third kappa shape index (κ3) is 3.30. The fourth-order valence-corrected chi connectivity index (χ4v) is 5.61. The molecule has 1 N–H and O–H groups in total. The smallest absolute Gasteiger partial charge is 0.269 e. The van der Waals surface area contributed by atoms with Gasteiger partial charge in [-0.3, -0.25) is 9.59 Å². The van der Waals surface area contributed by atoms with Crippen LogP contribution in [-0.4, -0.2) is 31.1 Å². The second-order valence-electron chi connectivity index (χ2n) is 7.19. The van der Waals surface area contributed by atoms with E-state index < -0.39 is 15.9 Å². The van der Waals surface area contributed by atoms with Gasteiger partial charge in [-0.25, -0.2) is 12.7 Å². The monoisotopic (exact) mass is 398 g/mol. The molecule has 4 rings (SSSR count). The van der Waals surface area contributed by atoms with Gasteiger partial charge < -0.3 is 5.32 Å². The van der Waals surface area contributed by atoms with E-state index in [-0.39, 0.29) is 35.4 Å². The van der Waals surface area contributed by atoms with Gasteiger partial charge in [0.25, 0.3) is 15.9 Å². The Morgan fingerprint density at radius 3 is 2.68 bits per heavy atom. The third-order valence-electron chi connectivity index (χ3n) is 5.38. The molecule has 2 aromatic rings. The first-order valence-corrected chi connectivity index (χ1v) is 11.0. The van der Waals surface area contributed by atoms with Crippen LogP contribution in [0.25, 0.3) is 0 Å². The summed E-state index contributed by atoms with van der Waals surface area (Å²) in [6, 6.07) is 14.3. The quantitative estimate of drug-likeness (QED) is 0.839. The van der Waals surface area contributed by atoms with E-state index in [0.29, 0.717) is 6.42 Å². The van der Waals surface area contributed by atoms with Gasteiger partial charge >= 0.3 is 0 Å². The number of hydrogen-bond donors (Lipinski definition) is 1. The molecule has 0 saturated heterocycles. The predicted molar refractivity (Wildman–Crippen MR) is 104 cm³/mol. The van der Waals surface area contributed by atoms with E-state index in [2.05, 4.69) is 11.4 Å². The van der Waals surface area contributed by atoms with Crippen LogP contribution in [0.5, 0.6) is 0 Å². The van der Waals surface area contributed by atoms with E-state index >= 15 is 0 Å². The lowest BCUT2D eigenvalue weighted by atomic mass is 9.87. The van der Waals surface area contributed by atoms with Crippen LogP contribution in [0, 0.1) is 0 Å². The molecule has 1 aliphatic heterocycles. The molecule has 2 aliphatic rings. The molecule has 0 bridgehead atoms. The van der Waals surface area contributed by atoms with Crippen LogP contribution in [0.1, 0.15) is 53.2 Å². The largest absolute Gasteiger partial charge is 0.349 e. The summed E-state index contributed by atoms with van der Waals surface area (Å²) in [5.74, 6) is -0.638. The molecule has 1 unspecified atom stereocenters. The molecule has 1 aliphatic carbocycles. The van der Waals surface area contributed by atoms with Crippen LogP contribution in [0.4, 0.5) is 0 Å². The molecule has 0 fully saturated rings.